The topological polar surface area (TPSA) is 75.5 Å². The fraction of sp³-hybridized carbons (Fsp3) is 0.323. The van der Waals surface area contributed by atoms with Crippen LogP contribution in [0.5, 0.6) is 5.75 Å². The Kier molecular flexibility index (Phi) is 9.13. The highest BCUT2D eigenvalue weighted by Gasteiger charge is 2.17. The predicted octanol–water partition coefficient (Wildman–Crippen LogP) is 7.80. The summed E-state index contributed by atoms with van der Waals surface area (Å²) in [6.07, 6.45) is 5.00. The van der Waals surface area contributed by atoms with Crippen molar-refractivity contribution in [2.45, 2.75) is 65.6 Å². The van der Waals surface area contributed by atoms with Crippen LogP contribution in [0.2, 0.25) is 0 Å². The van der Waals surface area contributed by atoms with Gasteiger partial charge in [0.25, 0.3) is 0 Å². The van der Waals surface area contributed by atoms with Crippen LogP contribution in [0.3, 0.4) is 0 Å². The Bertz CT molecular complexity index is 1330. The first-order chi connectivity index (χ1) is 18.4. The third-order valence-electron chi connectivity index (χ3n) is 6.75. The molecule has 0 atom stereocenters. The standard InChI is InChI=1S/C31H35N3O3S/c1-5-26(6-2)34(27-13-11-23(12-14-27)21(3)4)18-22-7-9-24(10-8-22)29-20-38-30(33-29)19-37-28-15-25(31(35)36)16-32-17-28/h7-17,20-21,26H,5-6,18-19H2,1-4H3,(H,35,36). The second-order valence-corrected chi connectivity index (χ2v) is 10.6. The number of pyridine rings is 1. The van der Waals surface area contributed by atoms with Crippen molar-refractivity contribution in [2.24, 2.45) is 0 Å². The number of hydrogen-bond donors (Lipinski definition) is 1. The van der Waals surface area contributed by atoms with Gasteiger partial charge in [-0.1, -0.05) is 64.1 Å². The summed E-state index contributed by atoms with van der Waals surface area (Å²) < 4.78 is 5.72. The molecule has 0 spiro atoms. The van der Waals surface area contributed by atoms with Crippen LogP contribution in [-0.4, -0.2) is 27.1 Å². The van der Waals surface area contributed by atoms with E-state index < -0.39 is 5.97 Å². The molecule has 2 aromatic heterocycles. The van der Waals surface area contributed by atoms with E-state index in [2.05, 4.69) is 86.1 Å². The summed E-state index contributed by atoms with van der Waals surface area (Å²) in [5.74, 6) is -0.0991. The summed E-state index contributed by atoms with van der Waals surface area (Å²) >= 11 is 1.52. The number of benzene rings is 2. The number of ether oxygens (including phenoxy) is 1. The minimum absolute atomic E-state index is 0.0951. The molecule has 0 saturated carbocycles. The lowest BCUT2D eigenvalue weighted by atomic mass is 10.0. The maximum atomic E-state index is 11.1. The fourth-order valence-corrected chi connectivity index (χ4v) is 5.17. The van der Waals surface area contributed by atoms with Crippen molar-refractivity contribution in [1.82, 2.24) is 9.97 Å². The fourth-order valence-electron chi connectivity index (χ4n) is 4.46. The molecule has 4 aromatic rings. The number of carbonyl (C=O) groups is 1. The summed E-state index contributed by atoms with van der Waals surface area (Å²) in [7, 11) is 0. The number of carboxylic acids is 1. The number of hydrogen-bond acceptors (Lipinski definition) is 6. The molecule has 0 aliphatic rings. The lowest BCUT2D eigenvalue weighted by Gasteiger charge is -2.33. The monoisotopic (exact) mass is 529 g/mol. The van der Waals surface area contributed by atoms with E-state index in [-0.39, 0.29) is 12.2 Å². The molecule has 38 heavy (non-hydrogen) atoms. The first kappa shape index (κ1) is 27.3. The maximum Gasteiger partial charge on any atom is 0.337 e. The normalized spacial score (nSPS) is 11.2. The SMILES string of the molecule is CCC(CC)N(Cc1ccc(-c2csc(COc3cncc(C(=O)O)c3)n2)cc1)c1ccc(C(C)C)cc1. The van der Waals surface area contributed by atoms with Crippen LogP contribution in [0.1, 0.15) is 72.9 Å². The molecule has 0 unspecified atom stereocenters. The van der Waals surface area contributed by atoms with Crippen LogP contribution in [0.25, 0.3) is 11.3 Å². The van der Waals surface area contributed by atoms with Crippen LogP contribution in [0.4, 0.5) is 5.69 Å². The van der Waals surface area contributed by atoms with Gasteiger partial charge in [-0.15, -0.1) is 11.3 Å². The van der Waals surface area contributed by atoms with Crippen molar-refractivity contribution in [3.05, 3.63) is 94.1 Å². The molecule has 0 amide bonds. The van der Waals surface area contributed by atoms with Gasteiger partial charge in [0.05, 0.1) is 17.5 Å². The first-order valence-corrected chi connectivity index (χ1v) is 14.0. The number of aromatic nitrogens is 2. The molecule has 0 aliphatic carbocycles. The average Bonchev–Trinajstić information content (AvgIpc) is 3.42. The minimum Gasteiger partial charge on any atom is -0.485 e. The van der Waals surface area contributed by atoms with E-state index in [0.717, 1.165) is 35.7 Å². The summed E-state index contributed by atoms with van der Waals surface area (Å²) in [5, 5.41) is 12.0. The number of rotatable bonds is 12. The third kappa shape index (κ3) is 6.78. The van der Waals surface area contributed by atoms with E-state index in [4.69, 9.17) is 14.8 Å². The van der Waals surface area contributed by atoms with Crippen molar-refractivity contribution in [1.29, 1.82) is 0 Å². The van der Waals surface area contributed by atoms with E-state index in [1.54, 1.807) is 0 Å². The van der Waals surface area contributed by atoms with Crippen molar-refractivity contribution in [2.75, 3.05) is 4.90 Å². The molecule has 0 bridgehead atoms. The van der Waals surface area contributed by atoms with Gasteiger partial charge < -0.3 is 14.7 Å². The molecule has 0 aliphatic heterocycles. The van der Waals surface area contributed by atoms with Gasteiger partial charge >= 0.3 is 5.97 Å². The predicted molar refractivity (Wildman–Crippen MR) is 154 cm³/mol. The van der Waals surface area contributed by atoms with Gasteiger partial charge in [-0.3, -0.25) is 4.98 Å². The van der Waals surface area contributed by atoms with E-state index in [0.29, 0.717) is 17.7 Å². The van der Waals surface area contributed by atoms with E-state index in [9.17, 15) is 4.79 Å². The van der Waals surface area contributed by atoms with Gasteiger partial charge in [-0.2, -0.15) is 0 Å². The number of carboxylic acid groups (broad SMARTS) is 1. The Labute approximate surface area is 229 Å². The molecule has 2 aromatic carbocycles. The van der Waals surface area contributed by atoms with Gasteiger partial charge in [0.2, 0.25) is 0 Å². The van der Waals surface area contributed by atoms with Crippen molar-refractivity contribution in [3.63, 3.8) is 0 Å². The summed E-state index contributed by atoms with van der Waals surface area (Å²) in [5.41, 5.74) is 5.94. The average molecular weight is 530 g/mol. The van der Waals surface area contributed by atoms with Crippen LogP contribution in [0.15, 0.2) is 72.4 Å². The lowest BCUT2D eigenvalue weighted by Crippen LogP contribution is -2.34. The smallest absolute Gasteiger partial charge is 0.337 e. The van der Waals surface area contributed by atoms with Gasteiger partial charge in [0.1, 0.15) is 17.4 Å². The zero-order valence-electron chi connectivity index (χ0n) is 22.4. The Morgan fingerprint density at radius 1 is 1.03 bits per heavy atom. The van der Waals surface area contributed by atoms with Crippen LogP contribution >= 0.6 is 11.3 Å². The molecule has 0 fully saturated rings. The molecule has 2 heterocycles. The molecule has 4 rings (SSSR count). The van der Waals surface area contributed by atoms with Gasteiger partial charge in [-0.05, 0) is 48.1 Å². The largest absolute Gasteiger partial charge is 0.485 e. The van der Waals surface area contributed by atoms with Crippen molar-refractivity contribution in [3.8, 4) is 17.0 Å². The van der Waals surface area contributed by atoms with E-state index in [1.807, 2.05) is 5.38 Å². The quantitative estimate of drug-likeness (QED) is 0.202. The van der Waals surface area contributed by atoms with Crippen LogP contribution in [0, 0.1) is 0 Å². The number of aromatic carboxylic acids is 1. The highest BCUT2D eigenvalue weighted by molar-refractivity contribution is 7.09. The Morgan fingerprint density at radius 2 is 1.74 bits per heavy atom. The zero-order valence-corrected chi connectivity index (χ0v) is 23.2. The van der Waals surface area contributed by atoms with E-state index in [1.165, 1.54) is 46.6 Å². The van der Waals surface area contributed by atoms with Crippen molar-refractivity contribution < 1.29 is 14.6 Å². The summed E-state index contributed by atoms with van der Waals surface area (Å²) in [6, 6.07) is 19.6. The zero-order chi connectivity index (χ0) is 27.1. The molecular weight excluding hydrogens is 494 g/mol. The molecule has 1 N–H and O–H groups in total. The number of anilines is 1. The number of thiazole rings is 1. The Hall–Kier alpha value is -3.71. The molecule has 198 valence electrons. The molecule has 0 radical (unpaired) electrons. The van der Waals surface area contributed by atoms with Crippen LogP contribution in [-0.2, 0) is 13.2 Å². The van der Waals surface area contributed by atoms with Gasteiger partial charge in [0, 0.05) is 35.4 Å². The molecule has 7 heteroatoms. The minimum atomic E-state index is -1.03. The van der Waals surface area contributed by atoms with Gasteiger partial charge in [-0.25, -0.2) is 9.78 Å². The highest BCUT2D eigenvalue weighted by Crippen LogP contribution is 2.28. The molecule has 0 saturated heterocycles. The third-order valence-corrected chi connectivity index (χ3v) is 7.57. The molecular formula is C31H35N3O3S. The van der Waals surface area contributed by atoms with Crippen LogP contribution < -0.4 is 9.64 Å². The maximum absolute atomic E-state index is 11.1. The second kappa shape index (κ2) is 12.7. The Balaban J connectivity index is 1.44. The lowest BCUT2D eigenvalue weighted by molar-refractivity contribution is 0.0696. The van der Waals surface area contributed by atoms with Crippen molar-refractivity contribution >= 4 is 23.0 Å². The molecule has 6 nitrogen and oxygen atoms in total. The summed E-state index contributed by atoms with van der Waals surface area (Å²) in [4.78, 5) is 22.3. The highest BCUT2D eigenvalue weighted by atomic mass is 32.1. The summed E-state index contributed by atoms with van der Waals surface area (Å²) in [6.45, 7) is 10.1. The Morgan fingerprint density at radius 3 is 2.37 bits per heavy atom. The van der Waals surface area contributed by atoms with E-state index >= 15 is 0 Å². The number of nitrogens with zero attached hydrogens (tertiary/aromatic N) is 3. The van der Waals surface area contributed by atoms with Gasteiger partial charge in [0.15, 0.2) is 0 Å². The second-order valence-electron chi connectivity index (χ2n) is 9.67. The first-order valence-electron chi connectivity index (χ1n) is 13.1.